The summed E-state index contributed by atoms with van der Waals surface area (Å²) in [5, 5.41) is 4.55. The molecular formula is C23H22FN3O3S. The Balaban J connectivity index is 1.79. The minimum Gasteiger partial charge on any atom is -0.487 e. The number of halogens is 1. The number of hydrogen-bond acceptors (Lipinski definition) is 4. The first-order chi connectivity index (χ1) is 14.8. The summed E-state index contributed by atoms with van der Waals surface area (Å²) in [5.41, 5.74) is 3.51. The van der Waals surface area contributed by atoms with Crippen LogP contribution < -0.4 is 9.04 Å². The number of fused-ring (bicyclic) bond motifs is 1. The van der Waals surface area contributed by atoms with Crippen molar-refractivity contribution in [2.24, 2.45) is 0 Å². The summed E-state index contributed by atoms with van der Waals surface area (Å²) in [6.45, 7) is 2.31. The van der Waals surface area contributed by atoms with Gasteiger partial charge >= 0.3 is 0 Å². The standard InChI is InChI=1S/C23H22FN3O3S/c1-3-27(31(2,28)29)22-15-26-20(13-21(25-26)18-9-11-19(24)12-10-18)14-23(22)30-16-17-7-5-4-6-8-17/h4-15H,3,16H2,1-2H3. The van der Waals surface area contributed by atoms with Crippen molar-refractivity contribution < 1.29 is 17.5 Å². The SMILES string of the molecule is CCN(c1cn2nc(-c3ccc(F)cc3)cc2cc1OCc1ccccc1)S(C)(=O)=O. The fourth-order valence-electron chi connectivity index (χ4n) is 3.39. The second-order valence-electron chi connectivity index (χ2n) is 7.13. The molecule has 0 bridgehead atoms. The lowest BCUT2D eigenvalue weighted by atomic mass is 10.1. The highest BCUT2D eigenvalue weighted by Gasteiger charge is 2.22. The van der Waals surface area contributed by atoms with Gasteiger partial charge in [0.15, 0.2) is 0 Å². The van der Waals surface area contributed by atoms with Crippen molar-refractivity contribution in [1.82, 2.24) is 9.61 Å². The molecule has 0 aliphatic carbocycles. The first-order valence-electron chi connectivity index (χ1n) is 9.79. The van der Waals surface area contributed by atoms with Gasteiger partial charge in [-0.15, -0.1) is 0 Å². The molecule has 0 atom stereocenters. The average molecular weight is 440 g/mol. The van der Waals surface area contributed by atoms with Crippen molar-refractivity contribution in [1.29, 1.82) is 0 Å². The van der Waals surface area contributed by atoms with Crippen LogP contribution in [0.2, 0.25) is 0 Å². The minimum atomic E-state index is -3.52. The lowest BCUT2D eigenvalue weighted by Crippen LogP contribution is -2.30. The topological polar surface area (TPSA) is 63.9 Å². The molecule has 0 spiro atoms. The van der Waals surface area contributed by atoms with Crippen LogP contribution in [0, 0.1) is 5.82 Å². The first-order valence-corrected chi connectivity index (χ1v) is 11.6. The molecule has 2 aromatic carbocycles. The van der Waals surface area contributed by atoms with Gasteiger partial charge in [0.25, 0.3) is 0 Å². The molecular weight excluding hydrogens is 417 g/mol. The second-order valence-corrected chi connectivity index (χ2v) is 9.04. The maximum absolute atomic E-state index is 13.3. The Hall–Kier alpha value is -3.39. The summed E-state index contributed by atoms with van der Waals surface area (Å²) < 4.78 is 47.0. The summed E-state index contributed by atoms with van der Waals surface area (Å²) in [6, 6.07) is 19.3. The lowest BCUT2D eigenvalue weighted by Gasteiger charge is -2.23. The van der Waals surface area contributed by atoms with Crippen molar-refractivity contribution in [2.75, 3.05) is 17.1 Å². The van der Waals surface area contributed by atoms with E-state index in [-0.39, 0.29) is 12.4 Å². The number of benzene rings is 2. The Morgan fingerprint density at radius 2 is 1.77 bits per heavy atom. The Morgan fingerprint density at radius 3 is 2.42 bits per heavy atom. The van der Waals surface area contributed by atoms with Crippen LogP contribution >= 0.6 is 0 Å². The Kier molecular flexibility index (Phi) is 5.65. The third-order valence-corrected chi connectivity index (χ3v) is 6.13. The average Bonchev–Trinajstić information content (AvgIpc) is 3.15. The van der Waals surface area contributed by atoms with Crippen LogP contribution in [-0.4, -0.2) is 30.8 Å². The number of hydrogen-bond donors (Lipinski definition) is 0. The van der Waals surface area contributed by atoms with Gasteiger partial charge in [-0.2, -0.15) is 5.10 Å². The number of anilines is 1. The fraction of sp³-hybridized carbons (Fsp3) is 0.174. The lowest BCUT2D eigenvalue weighted by molar-refractivity contribution is 0.307. The number of ether oxygens (including phenoxy) is 1. The van der Waals surface area contributed by atoms with E-state index in [0.717, 1.165) is 22.9 Å². The van der Waals surface area contributed by atoms with E-state index >= 15 is 0 Å². The Labute approximate surface area is 180 Å². The molecule has 0 saturated carbocycles. The predicted molar refractivity (Wildman–Crippen MR) is 119 cm³/mol. The van der Waals surface area contributed by atoms with Crippen molar-refractivity contribution in [3.63, 3.8) is 0 Å². The quantitative estimate of drug-likeness (QED) is 0.425. The Morgan fingerprint density at radius 1 is 1.06 bits per heavy atom. The second kappa shape index (κ2) is 8.39. The zero-order valence-corrected chi connectivity index (χ0v) is 18.0. The summed E-state index contributed by atoms with van der Waals surface area (Å²) in [5.74, 6) is 0.118. The molecule has 4 rings (SSSR count). The highest BCUT2D eigenvalue weighted by Crippen LogP contribution is 2.33. The molecule has 6 nitrogen and oxygen atoms in total. The van der Waals surface area contributed by atoms with Gasteiger partial charge in [0, 0.05) is 18.2 Å². The third kappa shape index (κ3) is 4.54. The van der Waals surface area contributed by atoms with Crippen LogP contribution in [0.5, 0.6) is 5.75 Å². The molecule has 0 saturated heterocycles. The van der Waals surface area contributed by atoms with Crippen LogP contribution in [0.1, 0.15) is 12.5 Å². The molecule has 160 valence electrons. The van der Waals surface area contributed by atoms with Gasteiger partial charge < -0.3 is 4.74 Å². The number of rotatable bonds is 7. The molecule has 0 unspecified atom stereocenters. The van der Waals surface area contributed by atoms with Gasteiger partial charge in [0.05, 0.1) is 23.7 Å². The van der Waals surface area contributed by atoms with Gasteiger partial charge in [-0.1, -0.05) is 30.3 Å². The molecule has 0 fully saturated rings. The van der Waals surface area contributed by atoms with Gasteiger partial charge in [0.1, 0.15) is 23.9 Å². The van der Waals surface area contributed by atoms with E-state index in [0.29, 0.717) is 23.7 Å². The van der Waals surface area contributed by atoms with Gasteiger partial charge in [-0.05, 0) is 42.8 Å². The Bertz CT molecular complexity index is 1300. The van der Waals surface area contributed by atoms with Crippen LogP contribution in [0.25, 0.3) is 16.8 Å². The number of nitrogens with zero attached hydrogens (tertiary/aromatic N) is 3. The maximum atomic E-state index is 13.3. The van der Waals surface area contributed by atoms with Crippen LogP contribution in [-0.2, 0) is 16.6 Å². The van der Waals surface area contributed by atoms with Gasteiger partial charge in [0.2, 0.25) is 10.0 Å². The molecule has 0 aliphatic heterocycles. The van der Waals surface area contributed by atoms with Crippen LogP contribution in [0.4, 0.5) is 10.1 Å². The van der Waals surface area contributed by atoms with E-state index in [1.54, 1.807) is 35.8 Å². The summed E-state index contributed by atoms with van der Waals surface area (Å²) in [7, 11) is -3.52. The van der Waals surface area contributed by atoms with Crippen molar-refractivity contribution in [2.45, 2.75) is 13.5 Å². The maximum Gasteiger partial charge on any atom is 0.232 e. The summed E-state index contributed by atoms with van der Waals surface area (Å²) >= 11 is 0. The monoisotopic (exact) mass is 439 g/mol. The smallest absolute Gasteiger partial charge is 0.232 e. The molecule has 4 aromatic rings. The molecule has 2 aromatic heterocycles. The molecule has 0 amide bonds. The van der Waals surface area contributed by atoms with Crippen LogP contribution in [0.3, 0.4) is 0 Å². The predicted octanol–water partition coefficient (Wildman–Crippen LogP) is 4.51. The van der Waals surface area contributed by atoms with E-state index < -0.39 is 10.0 Å². The largest absolute Gasteiger partial charge is 0.487 e. The number of aromatic nitrogens is 2. The summed E-state index contributed by atoms with van der Waals surface area (Å²) in [6.07, 6.45) is 2.81. The van der Waals surface area contributed by atoms with E-state index in [1.165, 1.54) is 16.4 Å². The van der Waals surface area contributed by atoms with E-state index in [9.17, 15) is 12.8 Å². The van der Waals surface area contributed by atoms with Crippen molar-refractivity contribution in [3.8, 4) is 17.0 Å². The zero-order valence-electron chi connectivity index (χ0n) is 17.2. The molecule has 31 heavy (non-hydrogen) atoms. The molecule has 0 N–H and O–H groups in total. The van der Waals surface area contributed by atoms with Crippen LogP contribution in [0.15, 0.2) is 72.9 Å². The van der Waals surface area contributed by atoms with E-state index in [2.05, 4.69) is 5.10 Å². The zero-order chi connectivity index (χ0) is 22.0. The normalized spacial score (nSPS) is 11.6. The van der Waals surface area contributed by atoms with E-state index in [4.69, 9.17) is 4.74 Å². The van der Waals surface area contributed by atoms with Crippen molar-refractivity contribution >= 4 is 21.2 Å². The molecule has 8 heteroatoms. The first kappa shape index (κ1) is 20.9. The highest BCUT2D eigenvalue weighted by molar-refractivity contribution is 7.92. The molecule has 0 aliphatic rings. The number of sulfonamides is 1. The summed E-state index contributed by atoms with van der Waals surface area (Å²) in [4.78, 5) is 0. The number of pyridine rings is 1. The van der Waals surface area contributed by atoms with Crippen molar-refractivity contribution in [3.05, 3.63) is 84.3 Å². The minimum absolute atomic E-state index is 0.248. The third-order valence-electron chi connectivity index (χ3n) is 4.87. The van der Waals surface area contributed by atoms with E-state index in [1.807, 2.05) is 36.4 Å². The molecule has 2 heterocycles. The van der Waals surface area contributed by atoms with Gasteiger partial charge in [-0.25, -0.2) is 17.3 Å². The fourth-order valence-corrected chi connectivity index (χ4v) is 4.35. The molecule has 0 radical (unpaired) electrons. The van der Waals surface area contributed by atoms with Gasteiger partial charge in [-0.3, -0.25) is 4.31 Å². The highest BCUT2D eigenvalue weighted by atomic mass is 32.2.